The van der Waals surface area contributed by atoms with Gasteiger partial charge in [0.2, 0.25) is 0 Å². The number of nitrogens with one attached hydrogen (secondary N) is 1. The summed E-state index contributed by atoms with van der Waals surface area (Å²) in [5, 5.41) is 23.5. The molecule has 0 bridgehead atoms. The number of nitriles is 1. The van der Waals surface area contributed by atoms with Gasteiger partial charge in [-0.15, -0.1) is 5.10 Å². The van der Waals surface area contributed by atoms with Crippen molar-refractivity contribution in [1.82, 2.24) is 25.2 Å². The van der Waals surface area contributed by atoms with Crippen LogP contribution in [0.1, 0.15) is 11.4 Å². The molecular formula is C14H12N6O. The Hall–Kier alpha value is -3.14. The third kappa shape index (κ3) is 2.74. The number of ether oxygens (including phenoxy) is 1. The topological polar surface area (TPSA) is 92.4 Å². The van der Waals surface area contributed by atoms with Gasteiger partial charge in [-0.3, -0.25) is 4.68 Å². The Kier molecular flexibility index (Phi) is 3.35. The number of rotatable bonds is 4. The van der Waals surface area contributed by atoms with Crippen LogP contribution in [0.15, 0.2) is 36.5 Å². The summed E-state index contributed by atoms with van der Waals surface area (Å²) in [6, 6.07) is 11.3. The average Bonchev–Trinajstić information content (AvgIpc) is 3.14. The predicted octanol–water partition coefficient (Wildman–Crippen LogP) is 1.66. The van der Waals surface area contributed by atoms with Gasteiger partial charge >= 0.3 is 0 Å². The second kappa shape index (κ2) is 5.46. The van der Waals surface area contributed by atoms with Crippen LogP contribution >= 0.6 is 0 Å². The lowest BCUT2D eigenvalue weighted by atomic mass is 10.1. The van der Waals surface area contributed by atoms with Crippen LogP contribution < -0.4 is 4.74 Å². The lowest BCUT2D eigenvalue weighted by Gasteiger charge is -2.05. The van der Waals surface area contributed by atoms with Crippen LogP contribution in [-0.4, -0.2) is 25.2 Å². The van der Waals surface area contributed by atoms with Crippen LogP contribution in [0.2, 0.25) is 0 Å². The van der Waals surface area contributed by atoms with Crippen molar-refractivity contribution in [2.24, 2.45) is 7.05 Å². The zero-order chi connectivity index (χ0) is 14.7. The van der Waals surface area contributed by atoms with Crippen LogP contribution in [0, 0.1) is 11.3 Å². The monoisotopic (exact) mass is 280 g/mol. The quantitative estimate of drug-likeness (QED) is 0.784. The molecule has 3 aromatic rings. The molecule has 0 saturated carbocycles. The van der Waals surface area contributed by atoms with E-state index in [9.17, 15) is 0 Å². The minimum atomic E-state index is 0.261. The molecule has 0 aliphatic heterocycles. The molecule has 1 N–H and O–H groups in total. The molecule has 2 aromatic heterocycles. The maximum atomic E-state index is 8.98. The summed E-state index contributed by atoms with van der Waals surface area (Å²) in [6.45, 7) is 0.383. The molecule has 0 saturated heterocycles. The summed E-state index contributed by atoms with van der Waals surface area (Å²) in [5.74, 6) is 0.685. The van der Waals surface area contributed by atoms with Gasteiger partial charge in [0.15, 0.2) is 5.69 Å². The number of hydrogen-bond donors (Lipinski definition) is 1. The number of benzene rings is 1. The molecule has 0 aliphatic rings. The third-order valence-electron chi connectivity index (χ3n) is 2.92. The molecule has 104 valence electrons. The fourth-order valence-electron chi connectivity index (χ4n) is 1.94. The first-order valence-electron chi connectivity index (χ1n) is 6.29. The van der Waals surface area contributed by atoms with Gasteiger partial charge < -0.3 is 4.74 Å². The first-order valence-corrected chi connectivity index (χ1v) is 6.29. The lowest BCUT2D eigenvalue weighted by Crippen LogP contribution is -1.98. The highest BCUT2D eigenvalue weighted by atomic mass is 16.5. The largest absolute Gasteiger partial charge is 0.487 e. The van der Waals surface area contributed by atoms with E-state index in [0.717, 1.165) is 11.3 Å². The molecule has 0 spiro atoms. The summed E-state index contributed by atoms with van der Waals surface area (Å²) in [7, 11) is 1.86. The maximum absolute atomic E-state index is 8.98. The van der Waals surface area contributed by atoms with Crippen molar-refractivity contribution in [2.75, 3.05) is 0 Å². The molecule has 1 aromatic carbocycles. The highest BCUT2D eigenvalue weighted by molar-refractivity contribution is 5.65. The summed E-state index contributed by atoms with van der Waals surface area (Å²) >= 11 is 0. The minimum absolute atomic E-state index is 0.261. The zero-order valence-corrected chi connectivity index (χ0v) is 11.3. The highest BCUT2D eigenvalue weighted by Crippen LogP contribution is 2.24. The number of aromatic nitrogens is 5. The first-order chi connectivity index (χ1) is 10.3. The van der Waals surface area contributed by atoms with Crippen LogP contribution in [0.5, 0.6) is 5.75 Å². The Morgan fingerprint density at radius 3 is 3.00 bits per heavy atom. The van der Waals surface area contributed by atoms with Gasteiger partial charge in [0.25, 0.3) is 0 Å². The van der Waals surface area contributed by atoms with Crippen LogP contribution in [0.3, 0.4) is 0 Å². The van der Waals surface area contributed by atoms with Gasteiger partial charge in [-0.1, -0.05) is 12.1 Å². The molecular weight excluding hydrogens is 268 g/mol. The molecule has 3 rings (SSSR count). The fraction of sp³-hybridized carbons (Fsp3) is 0.143. The summed E-state index contributed by atoms with van der Waals surface area (Å²) in [6.07, 6.45) is 1.86. The Morgan fingerprint density at radius 2 is 2.24 bits per heavy atom. The number of aromatic amines is 1. The van der Waals surface area contributed by atoms with Gasteiger partial charge in [0.1, 0.15) is 24.1 Å². The summed E-state index contributed by atoms with van der Waals surface area (Å²) in [4.78, 5) is 0. The van der Waals surface area contributed by atoms with Crippen molar-refractivity contribution in [2.45, 2.75) is 6.61 Å². The van der Waals surface area contributed by atoms with Crippen molar-refractivity contribution >= 4 is 0 Å². The molecule has 21 heavy (non-hydrogen) atoms. The van der Waals surface area contributed by atoms with Gasteiger partial charge in [-0.05, 0) is 18.2 Å². The Labute approximate surface area is 120 Å². The lowest BCUT2D eigenvalue weighted by molar-refractivity contribution is 0.300. The van der Waals surface area contributed by atoms with Gasteiger partial charge in [0, 0.05) is 18.8 Å². The second-order valence-corrected chi connectivity index (χ2v) is 4.43. The molecule has 7 heteroatoms. The van der Waals surface area contributed by atoms with E-state index in [4.69, 9.17) is 10.00 Å². The van der Waals surface area contributed by atoms with Crippen molar-refractivity contribution < 1.29 is 4.74 Å². The van der Waals surface area contributed by atoms with Crippen LogP contribution in [-0.2, 0) is 13.7 Å². The summed E-state index contributed by atoms with van der Waals surface area (Å²) < 4.78 is 7.43. The van der Waals surface area contributed by atoms with Crippen LogP contribution in [0.25, 0.3) is 11.3 Å². The van der Waals surface area contributed by atoms with E-state index in [1.807, 2.05) is 49.6 Å². The Balaban J connectivity index is 1.79. The van der Waals surface area contributed by atoms with E-state index in [-0.39, 0.29) is 5.69 Å². The van der Waals surface area contributed by atoms with E-state index in [0.29, 0.717) is 18.1 Å². The fourth-order valence-corrected chi connectivity index (χ4v) is 1.94. The van der Waals surface area contributed by atoms with E-state index in [1.165, 1.54) is 0 Å². The van der Waals surface area contributed by atoms with Crippen LogP contribution in [0.4, 0.5) is 0 Å². The SMILES string of the molecule is Cn1ccc(COc2cccc(-c3n[nH]nc3C#N)c2)n1. The highest BCUT2D eigenvalue weighted by Gasteiger charge is 2.10. The zero-order valence-electron chi connectivity index (χ0n) is 11.3. The van der Waals surface area contributed by atoms with Crippen molar-refractivity contribution in [3.8, 4) is 23.1 Å². The number of hydrogen-bond acceptors (Lipinski definition) is 5. The van der Waals surface area contributed by atoms with E-state index in [1.54, 1.807) is 4.68 Å². The molecule has 0 amide bonds. The van der Waals surface area contributed by atoms with Crippen molar-refractivity contribution in [3.63, 3.8) is 0 Å². The molecule has 0 aliphatic carbocycles. The number of aryl methyl sites for hydroxylation is 1. The standard InChI is InChI=1S/C14H12N6O/c1-20-6-5-11(18-20)9-21-12-4-2-3-10(7-12)14-13(8-15)16-19-17-14/h2-7H,9H2,1H3,(H,16,17,19). The summed E-state index contributed by atoms with van der Waals surface area (Å²) in [5.41, 5.74) is 2.40. The Bertz CT molecular complexity index is 798. The molecule has 0 unspecified atom stereocenters. The minimum Gasteiger partial charge on any atom is -0.487 e. The normalized spacial score (nSPS) is 10.3. The smallest absolute Gasteiger partial charge is 0.190 e. The van der Waals surface area contributed by atoms with Gasteiger partial charge in [0.05, 0.1) is 5.69 Å². The Morgan fingerprint density at radius 1 is 1.33 bits per heavy atom. The number of H-pyrrole nitrogens is 1. The van der Waals surface area contributed by atoms with E-state index >= 15 is 0 Å². The number of nitrogens with zero attached hydrogens (tertiary/aromatic N) is 5. The molecule has 0 fully saturated rings. The second-order valence-electron chi connectivity index (χ2n) is 4.43. The maximum Gasteiger partial charge on any atom is 0.190 e. The molecule has 0 radical (unpaired) electrons. The van der Waals surface area contributed by atoms with E-state index < -0.39 is 0 Å². The predicted molar refractivity (Wildman–Crippen MR) is 74.1 cm³/mol. The average molecular weight is 280 g/mol. The molecule has 7 nitrogen and oxygen atoms in total. The van der Waals surface area contributed by atoms with Gasteiger partial charge in [-0.2, -0.15) is 20.7 Å². The first kappa shape index (κ1) is 12.9. The van der Waals surface area contributed by atoms with Gasteiger partial charge in [-0.25, -0.2) is 0 Å². The van der Waals surface area contributed by atoms with Crippen molar-refractivity contribution in [1.29, 1.82) is 5.26 Å². The molecule has 2 heterocycles. The van der Waals surface area contributed by atoms with E-state index in [2.05, 4.69) is 20.5 Å². The van der Waals surface area contributed by atoms with Crippen molar-refractivity contribution in [3.05, 3.63) is 47.9 Å². The third-order valence-corrected chi connectivity index (χ3v) is 2.92. The molecule has 0 atom stereocenters.